The predicted molar refractivity (Wildman–Crippen MR) is 98.9 cm³/mol. The Morgan fingerprint density at radius 1 is 1.32 bits per heavy atom. The Labute approximate surface area is 153 Å². The van der Waals surface area contributed by atoms with Crippen molar-refractivity contribution >= 4 is 29.1 Å². The Morgan fingerprint density at radius 2 is 1.96 bits per heavy atom. The fraction of sp³-hybridized carbons (Fsp3) is 0.556. The van der Waals surface area contributed by atoms with Crippen LogP contribution in [0.1, 0.15) is 50.4 Å². The van der Waals surface area contributed by atoms with E-state index < -0.39 is 5.54 Å². The Kier molecular flexibility index (Phi) is 6.08. The standard InChI is InChI=1S/C18H26ClN3O3/c1-4-17(2,3)22-15(23)13-6-5-12(11-14(13)19)21-16(24)18(20)7-9-25-10-8-18/h5-6,11H,4,7-10,20H2,1-3H3,(H,21,24)(H,22,23). The number of amides is 2. The molecule has 0 saturated carbocycles. The number of carbonyl (C=O) groups excluding carboxylic acids is 2. The van der Waals surface area contributed by atoms with Gasteiger partial charge in [-0.2, -0.15) is 0 Å². The highest BCUT2D eigenvalue weighted by molar-refractivity contribution is 6.34. The molecule has 1 fully saturated rings. The van der Waals surface area contributed by atoms with E-state index in [4.69, 9.17) is 22.1 Å². The Hall–Kier alpha value is -1.63. The minimum atomic E-state index is -0.939. The van der Waals surface area contributed by atoms with Crippen LogP contribution in [0.5, 0.6) is 0 Å². The molecule has 6 nitrogen and oxygen atoms in total. The number of halogens is 1. The van der Waals surface area contributed by atoms with Gasteiger partial charge in [-0.3, -0.25) is 9.59 Å². The van der Waals surface area contributed by atoms with Gasteiger partial charge in [-0.05, 0) is 51.3 Å². The molecule has 1 heterocycles. The zero-order valence-electron chi connectivity index (χ0n) is 14.9. The maximum absolute atomic E-state index is 12.4. The van der Waals surface area contributed by atoms with E-state index in [0.29, 0.717) is 37.3 Å². The molecule has 0 radical (unpaired) electrons. The zero-order chi connectivity index (χ0) is 18.7. The van der Waals surface area contributed by atoms with Crippen LogP contribution in [0.2, 0.25) is 5.02 Å². The van der Waals surface area contributed by atoms with Crippen molar-refractivity contribution in [2.24, 2.45) is 5.73 Å². The highest BCUT2D eigenvalue weighted by Crippen LogP contribution is 2.24. The van der Waals surface area contributed by atoms with Gasteiger partial charge in [-0.15, -0.1) is 0 Å². The third kappa shape index (κ3) is 4.93. The molecule has 0 unspecified atom stereocenters. The first-order valence-electron chi connectivity index (χ1n) is 8.47. The highest BCUT2D eigenvalue weighted by Gasteiger charge is 2.36. The highest BCUT2D eigenvalue weighted by atomic mass is 35.5. The van der Waals surface area contributed by atoms with Gasteiger partial charge in [-0.25, -0.2) is 0 Å². The minimum Gasteiger partial charge on any atom is -0.381 e. The van der Waals surface area contributed by atoms with Crippen LogP contribution in [-0.2, 0) is 9.53 Å². The van der Waals surface area contributed by atoms with Gasteiger partial charge in [0.2, 0.25) is 5.91 Å². The summed E-state index contributed by atoms with van der Waals surface area (Å²) in [5, 5.41) is 6.00. The summed E-state index contributed by atoms with van der Waals surface area (Å²) in [6.45, 7) is 6.83. The van der Waals surface area contributed by atoms with Crippen molar-refractivity contribution in [1.82, 2.24) is 5.32 Å². The molecule has 0 bridgehead atoms. The molecule has 0 aliphatic carbocycles. The van der Waals surface area contributed by atoms with E-state index >= 15 is 0 Å². The normalized spacial score (nSPS) is 17.0. The lowest BCUT2D eigenvalue weighted by molar-refractivity contribution is -0.124. The van der Waals surface area contributed by atoms with E-state index in [1.807, 2.05) is 20.8 Å². The molecular weight excluding hydrogens is 342 g/mol. The first-order valence-corrected chi connectivity index (χ1v) is 8.85. The van der Waals surface area contributed by atoms with Crippen LogP contribution in [0.3, 0.4) is 0 Å². The lowest BCUT2D eigenvalue weighted by atomic mass is 9.90. The second kappa shape index (κ2) is 7.72. The van der Waals surface area contributed by atoms with Crippen molar-refractivity contribution in [3.05, 3.63) is 28.8 Å². The number of anilines is 1. The molecule has 0 aromatic heterocycles. The third-order valence-electron chi connectivity index (χ3n) is 4.64. The number of hydrogen-bond acceptors (Lipinski definition) is 4. The lowest BCUT2D eigenvalue weighted by Gasteiger charge is -2.31. The molecule has 1 aromatic carbocycles. The van der Waals surface area contributed by atoms with Crippen LogP contribution in [0.25, 0.3) is 0 Å². The van der Waals surface area contributed by atoms with Crippen LogP contribution >= 0.6 is 11.6 Å². The fourth-order valence-electron chi connectivity index (χ4n) is 2.46. The Bertz CT molecular complexity index is 655. The third-order valence-corrected chi connectivity index (χ3v) is 4.96. The van der Waals surface area contributed by atoms with E-state index in [1.54, 1.807) is 18.2 Å². The molecule has 7 heteroatoms. The molecular formula is C18H26ClN3O3. The van der Waals surface area contributed by atoms with Gasteiger partial charge >= 0.3 is 0 Å². The van der Waals surface area contributed by atoms with Crippen molar-refractivity contribution < 1.29 is 14.3 Å². The van der Waals surface area contributed by atoms with E-state index in [2.05, 4.69) is 10.6 Å². The monoisotopic (exact) mass is 367 g/mol. The first kappa shape index (κ1) is 19.7. The van der Waals surface area contributed by atoms with Crippen molar-refractivity contribution in [2.75, 3.05) is 18.5 Å². The average Bonchev–Trinajstić information content (AvgIpc) is 2.55. The van der Waals surface area contributed by atoms with Gasteiger partial charge in [0.25, 0.3) is 5.91 Å². The number of rotatable bonds is 5. The molecule has 0 atom stereocenters. The molecule has 1 aliphatic heterocycles. The summed E-state index contributed by atoms with van der Waals surface area (Å²) in [5.74, 6) is -0.509. The predicted octanol–water partition coefficient (Wildman–Crippen LogP) is 2.70. The van der Waals surface area contributed by atoms with E-state index in [1.165, 1.54) is 0 Å². The lowest BCUT2D eigenvalue weighted by Crippen LogP contribution is -2.54. The fourth-order valence-corrected chi connectivity index (χ4v) is 2.72. The number of nitrogens with one attached hydrogen (secondary N) is 2. The van der Waals surface area contributed by atoms with E-state index in [0.717, 1.165) is 6.42 Å². The largest absolute Gasteiger partial charge is 0.381 e. The maximum Gasteiger partial charge on any atom is 0.253 e. The summed E-state index contributed by atoms with van der Waals surface area (Å²) in [7, 11) is 0. The number of nitrogens with two attached hydrogens (primary N) is 1. The van der Waals surface area contributed by atoms with E-state index in [-0.39, 0.29) is 22.4 Å². The molecule has 0 spiro atoms. The number of benzene rings is 1. The molecule has 25 heavy (non-hydrogen) atoms. The summed E-state index contributed by atoms with van der Waals surface area (Å²) in [6, 6.07) is 4.82. The molecule has 138 valence electrons. The SMILES string of the molecule is CCC(C)(C)NC(=O)c1ccc(NC(=O)C2(N)CCOCC2)cc1Cl. The van der Waals surface area contributed by atoms with Crippen LogP contribution in [-0.4, -0.2) is 36.1 Å². The quantitative estimate of drug-likeness (QED) is 0.745. The Morgan fingerprint density at radius 3 is 2.52 bits per heavy atom. The van der Waals surface area contributed by atoms with Crippen molar-refractivity contribution in [3.8, 4) is 0 Å². The number of carbonyl (C=O) groups is 2. The topological polar surface area (TPSA) is 93.5 Å². The van der Waals surface area contributed by atoms with Crippen molar-refractivity contribution in [1.29, 1.82) is 0 Å². The van der Waals surface area contributed by atoms with Crippen molar-refractivity contribution in [3.63, 3.8) is 0 Å². The van der Waals surface area contributed by atoms with Crippen LogP contribution in [0, 0.1) is 0 Å². The molecule has 4 N–H and O–H groups in total. The average molecular weight is 368 g/mol. The van der Waals surface area contributed by atoms with Gasteiger partial charge in [-0.1, -0.05) is 18.5 Å². The van der Waals surface area contributed by atoms with Gasteiger partial charge in [0.05, 0.1) is 10.6 Å². The first-order chi connectivity index (χ1) is 11.7. The van der Waals surface area contributed by atoms with Crippen LogP contribution < -0.4 is 16.4 Å². The van der Waals surface area contributed by atoms with Crippen LogP contribution in [0.15, 0.2) is 18.2 Å². The van der Waals surface area contributed by atoms with Gasteiger partial charge in [0.15, 0.2) is 0 Å². The van der Waals surface area contributed by atoms with Gasteiger partial charge in [0.1, 0.15) is 5.54 Å². The molecule has 1 saturated heterocycles. The van der Waals surface area contributed by atoms with Crippen molar-refractivity contribution in [2.45, 2.75) is 51.1 Å². The van der Waals surface area contributed by atoms with E-state index in [9.17, 15) is 9.59 Å². The smallest absolute Gasteiger partial charge is 0.253 e. The molecule has 1 aromatic rings. The van der Waals surface area contributed by atoms with Crippen LogP contribution in [0.4, 0.5) is 5.69 Å². The molecule has 2 amide bonds. The summed E-state index contributed by atoms with van der Waals surface area (Å²) >= 11 is 6.24. The Balaban J connectivity index is 2.08. The summed E-state index contributed by atoms with van der Waals surface area (Å²) in [4.78, 5) is 24.8. The minimum absolute atomic E-state index is 0.241. The number of ether oxygens (including phenoxy) is 1. The second-order valence-corrected chi connectivity index (χ2v) is 7.52. The summed E-state index contributed by atoms with van der Waals surface area (Å²) < 4.78 is 5.25. The molecule has 1 aliphatic rings. The van der Waals surface area contributed by atoms with Gasteiger partial charge in [0, 0.05) is 24.4 Å². The summed E-state index contributed by atoms with van der Waals surface area (Å²) in [6.07, 6.45) is 1.74. The number of hydrogen-bond donors (Lipinski definition) is 3. The second-order valence-electron chi connectivity index (χ2n) is 7.11. The van der Waals surface area contributed by atoms with Gasteiger partial charge < -0.3 is 21.1 Å². The zero-order valence-corrected chi connectivity index (χ0v) is 15.7. The maximum atomic E-state index is 12.4. The molecule has 2 rings (SSSR count). The summed E-state index contributed by atoms with van der Waals surface area (Å²) in [5.41, 5.74) is 5.79.